The first-order valence-corrected chi connectivity index (χ1v) is 6.34. The van der Waals surface area contributed by atoms with Crippen molar-refractivity contribution in [1.82, 2.24) is 10.2 Å². The summed E-state index contributed by atoms with van der Waals surface area (Å²) in [5, 5.41) is 4.87. The van der Waals surface area contributed by atoms with Gasteiger partial charge in [0.25, 0.3) is 0 Å². The summed E-state index contributed by atoms with van der Waals surface area (Å²) < 4.78 is 0. The zero-order valence-electron chi connectivity index (χ0n) is 10.2. The summed E-state index contributed by atoms with van der Waals surface area (Å²) in [7, 11) is 0. The van der Waals surface area contributed by atoms with Gasteiger partial charge in [0.15, 0.2) is 0 Å². The van der Waals surface area contributed by atoms with Gasteiger partial charge in [-0.05, 0) is 19.1 Å². The molecule has 0 unspecified atom stereocenters. The van der Waals surface area contributed by atoms with Crippen LogP contribution in [-0.4, -0.2) is 31.1 Å². The van der Waals surface area contributed by atoms with Crippen molar-refractivity contribution in [3.8, 4) is 0 Å². The van der Waals surface area contributed by atoms with Crippen LogP contribution in [0.15, 0.2) is 18.2 Å². The highest BCUT2D eigenvalue weighted by Gasteiger charge is 2.21. The van der Waals surface area contributed by atoms with E-state index in [9.17, 15) is 0 Å². The normalized spacial score (nSPS) is 17.5. The average molecular weight is 332 g/mol. The lowest BCUT2D eigenvalue weighted by molar-refractivity contribution is 0.185. The quantitative estimate of drug-likeness (QED) is 0.886. The van der Waals surface area contributed by atoms with Gasteiger partial charge in [0, 0.05) is 47.8 Å². The van der Waals surface area contributed by atoms with Crippen LogP contribution in [0, 0.1) is 0 Å². The summed E-state index contributed by atoms with van der Waals surface area (Å²) in [6.07, 6.45) is 0. The van der Waals surface area contributed by atoms with Gasteiger partial charge in [0.1, 0.15) is 0 Å². The molecule has 1 fully saturated rings. The zero-order chi connectivity index (χ0) is 11.5. The van der Waals surface area contributed by atoms with E-state index in [0.717, 1.165) is 41.8 Å². The maximum atomic E-state index is 6.22. The predicted molar refractivity (Wildman–Crippen MR) is 83.8 cm³/mol. The van der Waals surface area contributed by atoms with Crippen LogP contribution in [0.5, 0.6) is 0 Å². The number of benzene rings is 1. The Morgan fingerprint density at radius 2 is 1.61 bits per heavy atom. The van der Waals surface area contributed by atoms with E-state index in [2.05, 4.69) is 17.1 Å². The molecule has 1 saturated heterocycles. The number of nitrogens with zero attached hydrogens (tertiary/aromatic N) is 1. The predicted octanol–water partition coefficient (Wildman–Crippen LogP) is 3.80. The Bertz CT molecular complexity index is 347. The topological polar surface area (TPSA) is 15.3 Å². The monoisotopic (exact) mass is 330 g/mol. The van der Waals surface area contributed by atoms with Crippen molar-refractivity contribution in [2.75, 3.05) is 26.2 Å². The molecule has 0 spiro atoms. The number of hydrogen-bond acceptors (Lipinski definition) is 2. The van der Waals surface area contributed by atoms with Gasteiger partial charge in [-0.2, -0.15) is 0 Å². The van der Waals surface area contributed by atoms with E-state index in [1.54, 1.807) is 0 Å². The van der Waals surface area contributed by atoms with Crippen LogP contribution in [0.25, 0.3) is 0 Å². The smallest absolute Gasteiger partial charge is 0.0468 e. The van der Waals surface area contributed by atoms with E-state index < -0.39 is 0 Å². The summed E-state index contributed by atoms with van der Waals surface area (Å²) in [4.78, 5) is 2.41. The number of nitrogens with one attached hydrogen (secondary N) is 1. The maximum Gasteiger partial charge on any atom is 0.0468 e. The van der Waals surface area contributed by atoms with Gasteiger partial charge in [0.05, 0.1) is 0 Å². The van der Waals surface area contributed by atoms with Crippen LogP contribution in [0.3, 0.4) is 0 Å². The molecular formula is C12H18Cl4N2. The van der Waals surface area contributed by atoms with E-state index >= 15 is 0 Å². The first-order chi connectivity index (χ1) is 7.70. The van der Waals surface area contributed by atoms with Gasteiger partial charge in [-0.15, -0.1) is 24.8 Å². The van der Waals surface area contributed by atoms with E-state index in [4.69, 9.17) is 23.2 Å². The van der Waals surface area contributed by atoms with Crippen molar-refractivity contribution in [3.05, 3.63) is 33.8 Å². The Morgan fingerprint density at radius 3 is 2.11 bits per heavy atom. The molecule has 18 heavy (non-hydrogen) atoms. The lowest BCUT2D eigenvalue weighted by Gasteiger charge is -2.33. The molecule has 0 aliphatic carbocycles. The van der Waals surface area contributed by atoms with Crippen molar-refractivity contribution >= 4 is 48.0 Å². The number of rotatable bonds is 2. The molecule has 104 valence electrons. The molecule has 0 amide bonds. The van der Waals surface area contributed by atoms with Crippen molar-refractivity contribution in [3.63, 3.8) is 0 Å². The molecule has 2 nitrogen and oxygen atoms in total. The van der Waals surface area contributed by atoms with Crippen LogP contribution < -0.4 is 5.32 Å². The third-order valence-electron chi connectivity index (χ3n) is 3.12. The maximum absolute atomic E-state index is 6.22. The summed E-state index contributed by atoms with van der Waals surface area (Å²) >= 11 is 12.4. The van der Waals surface area contributed by atoms with E-state index in [0.29, 0.717) is 0 Å². The number of halogens is 4. The molecule has 1 atom stereocenters. The van der Waals surface area contributed by atoms with Gasteiger partial charge >= 0.3 is 0 Å². The molecule has 0 aromatic heterocycles. The second-order valence-corrected chi connectivity index (χ2v) is 4.91. The van der Waals surface area contributed by atoms with Gasteiger partial charge in [-0.25, -0.2) is 0 Å². The Hall–Kier alpha value is 0.300. The van der Waals surface area contributed by atoms with Crippen molar-refractivity contribution < 1.29 is 0 Å². The molecule has 0 radical (unpaired) electrons. The number of hydrogen-bond donors (Lipinski definition) is 1. The Morgan fingerprint density at radius 1 is 1.11 bits per heavy atom. The Kier molecular flexibility index (Phi) is 8.61. The van der Waals surface area contributed by atoms with Crippen LogP contribution in [0.1, 0.15) is 18.5 Å². The summed E-state index contributed by atoms with van der Waals surface area (Å²) in [5.74, 6) is 0. The van der Waals surface area contributed by atoms with E-state index in [1.165, 1.54) is 0 Å². The SMILES string of the molecule is C[C@@H](c1c(Cl)cccc1Cl)N1CCNCC1.Cl.Cl. The minimum Gasteiger partial charge on any atom is -0.314 e. The van der Waals surface area contributed by atoms with Crippen molar-refractivity contribution in [1.29, 1.82) is 0 Å². The highest BCUT2D eigenvalue weighted by Crippen LogP contribution is 2.33. The molecule has 1 aromatic rings. The molecule has 1 aromatic carbocycles. The fraction of sp³-hybridized carbons (Fsp3) is 0.500. The minimum absolute atomic E-state index is 0. The molecule has 1 aliphatic rings. The Labute approximate surface area is 131 Å². The third kappa shape index (κ3) is 4.16. The second-order valence-electron chi connectivity index (χ2n) is 4.10. The molecule has 1 aliphatic heterocycles. The summed E-state index contributed by atoms with van der Waals surface area (Å²) in [6.45, 7) is 6.32. The van der Waals surface area contributed by atoms with E-state index in [-0.39, 0.29) is 30.9 Å². The first kappa shape index (κ1) is 18.3. The van der Waals surface area contributed by atoms with Crippen LogP contribution in [0.4, 0.5) is 0 Å². The van der Waals surface area contributed by atoms with Crippen molar-refractivity contribution in [2.45, 2.75) is 13.0 Å². The first-order valence-electron chi connectivity index (χ1n) is 5.59. The summed E-state index contributed by atoms with van der Waals surface area (Å²) in [5.41, 5.74) is 1.05. The largest absolute Gasteiger partial charge is 0.314 e. The highest BCUT2D eigenvalue weighted by atomic mass is 35.5. The van der Waals surface area contributed by atoms with Gasteiger partial charge < -0.3 is 5.32 Å². The minimum atomic E-state index is 0. The highest BCUT2D eigenvalue weighted by molar-refractivity contribution is 6.36. The van der Waals surface area contributed by atoms with Crippen molar-refractivity contribution in [2.24, 2.45) is 0 Å². The molecule has 1 N–H and O–H groups in total. The molecule has 0 saturated carbocycles. The van der Waals surface area contributed by atoms with Crippen LogP contribution >= 0.6 is 48.0 Å². The molecule has 2 rings (SSSR count). The summed E-state index contributed by atoms with van der Waals surface area (Å²) in [6, 6.07) is 5.98. The van der Waals surface area contributed by atoms with Gasteiger partial charge in [-0.1, -0.05) is 29.3 Å². The fourth-order valence-corrected chi connectivity index (χ4v) is 2.88. The van der Waals surface area contributed by atoms with E-state index in [1.807, 2.05) is 18.2 Å². The molecular weight excluding hydrogens is 314 g/mol. The molecule has 0 bridgehead atoms. The number of piperazine rings is 1. The van der Waals surface area contributed by atoms with Gasteiger partial charge in [-0.3, -0.25) is 4.90 Å². The second kappa shape index (κ2) is 8.47. The zero-order valence-corrected chi connectivity index (χ0v) is 13.3. The van der Waals surface area contributed by atoms with Crippen LogP contribution in [0.2, 0.25) is 10.0 Å². The Balaban J connectivity index is 0.00000144. The average Bonchev–Trinajstić information content (AvgIpc) is 2.30. The fourth-order valence-electron chi connectivity index (χ4n) is 2.16. The lowest BCUT2D eigenvalue weighted by atomic mass is 10.1. The third-order valence-corrected chi connectivity index (χ3v) is 3.78. The van der Waals surface area contributed by atoms with Crippen LogP contribution in [-0.2, 0) is 0 Å². The standard InChI is InChI=1S/C12H16Cl2N2.2ClH/c1-9(16-7-5-15-6-8-16)12-10(13)3-2-4-11(12)14;;/h2-4,9,15H,5-8H2,1H3;2*1H/t9-;;/m0../s1. The lowest BCUT2D eigenvalue weighted by Crippen LogP contribution is -2.44. The molecule has 1 heterocycles. The van der Waals surface area contributed by atoms with Gasteiger partial charge in [0.2, 0.25) is 0 Å². The molecule has 6 heteroatoms.